The minimum absolute atomic E-state index is 0.130. The van der Waals surface area contributed by atoms with Gasteiger partial charge in [-0.15, -0.1) is 0 Å². The average Bonchev–Trinajstić information content (AvgIpc) is 2.88. The Morgan fingerprint density at radius 2 is 2.21 bits per heavy atom. The van der Waals surface area contributed by atoms with Crippen LogP contribution in [0.2, 0.25) is 0 Å². The van der Waals surface area contributed by atoms with Crippen LogP contribution in [-0.4, -0.2) is 21.9 Å². The van der Waals surface area contributed by atoms with E-state index < -0.39 is 12.1 Å². The number of benzene rings is 1. The monoisotopic (exact) mass is 256 g/mol. The van der Waals surface area contributed by atoms with Crippen LogP contribution in [0.5, 0.6) is 0 Å². The molecule has 0 aliphatic rings. The van der Waals surface area contributed by atoms with Crippen LogP contribution >= 0.6 is 0 Å². The van der Waals surface area contributed by atoms with E-state index in [1.54, 1.807) is 18.3 Å². The third-order valence-corrected chi connectivity index (χ3v) is 2.45. The van der Waals surface area contributed by atoms with Crippen molar-refractivity contribution in [2.24, 2.45) is 0 Å². The lowest BCUT2D eigenvalue weighted by Crippen LogP contribution is -2.14. The fourth-order valence-corrected chi connectivity index (χ4v) is 1.51. The van der Waals surface area contributed by atoms with Crippen LogP contribution in [0.3, 0.4) is 0 Å². The largest absolute Gasteiger partial charge is 0.442 e. The summed E-state index contributed by atoms with van der Waals surface area (Å²) in [7, 11) is 0. The van der Waals surface area contributed by atoms with Gasteiger partial charge in [-0.25, -0.2) is 9.48 Å². The number of esters is 1. The standard InChI is InChI=1S/C13H12N4O2/c1-9(8-14)19-13(18)11-6-7-17(16-11)12-5-3-2-4-10(12)15/h2-7,9H,15H2,1H3. The second-order valence-electron chi connectivity index (χ2n) is 3.88. The van der Waals surface area contributed by atoms with Crippen molar-refractivity contribution in [1.82, 2.24) is 9.78 Å². The van der Waals surface area contributed by atoms with Crippen molar-refractivity contribution in [3.63, 3.8) is 0 Å². The molecule has 0 saturated carbocycles. The van der Waals surface area contributed by atoms with Crippen molar-refractivity contribution >= 4 is 11.7 Å². The maximum absolute atomic E-state index is 11.7. The topological polar surface area (TPSA) is 93.9 Å². The summed E-state index contributed by atoms with van der Waals surface area (Å²) in [6.45, 7) is 1.49. The summed E-state index contributed by atoms with van der Waals surface area (Å²) in [5, 5.41) is 12.7. The number of para-hydroxylation sites is 2. The van der Waals surface area contributed by atoms with Gasteiger partial charge in [0.1, 0.15) is 6.07 Å². The van der Waals surface area contributed by atoms with Crippen LogP contribution in [-0.2, 0) is 4.74 Å². The molecule has 0 saturated heterocycles. The minimum atomic E-state index is -0.806. The molecule has 0 radical (unpaired) electrons. The second kappa shape index (κ2) is 5.23. The third-order valence-electron chi connectivity index (χ3n) is 2.45. The first-order valence-electron chi connectivity index (χ1n) is 5.63. The minimum Gasteiger partial charge on any atom is -0.442 e. The van der Waals surface area contributed by atoms with Crippen LogP contribution in [0.1, 0.15) is 17.4 Å². The number of aromatic nitrogens is 2. The average molecular weight is 256 g/mol. The quantitative estimate of drug-likeness (QED) is 0.663. The normalized spacial score (nSPS) is 11.6. The number of nitriles is 1. The number of nitrogens with two attached hydrogens (primary N) is 1. The number of carbonyl (C=O) groups is 1. The number of carbonyl (C=O) groups excluding carboxylic acids is 1. The zero-order chi connectivity index (χ0) is 13.8. The molecule has 96 valence electrons. The van der Waals surface area contributed by atoms with Gasteiger partial charge in [0.25, 0.3) is 0 Å². The van der Waals surface area contributed by atoms with Crippen molar-refractivity contribution < 1.29 is 9.53 Å². The number of rotatable bonds is 3. The number of hydrogen-bond acceptors (Lipinski definition) is 5. The molecular weight excluding hydrogens is 244 g/mol. The fourth-order valence-electron chi connectivity index (χ4n) is 1.51. The van der Waals surface area contributed by atoms with Crippen molar-refractivity contribution in [2.45, 2.75) is 13.0 Å². The molecule has 0 bridgehead atoms. The molecule has 2 aromatic rings. The predicted octanol–water partition coefficient (Wildman–Crippen LogP) is 1.52. The highest BCUT2D eigenvalue weighted by Crippen LogP contribution is 2.15. The van der Waals surface area contributed by atoms with E-state index >= 15 is 0 Å². The molecule has 2 N–H and O–H groups in total. The lowest BCUT2D eigenvalue weighted by Gasteiger charge is -2.05. The van der Waals surface area contributed by atoms with E-state index in [0.29, 0.717) is 11.4 Å². The SMILES string of the molecule is CC(C#N)OC(=O)c1ccn(-c2ccccc2N)n1. The second-order valence-corrected chi connectivity index (χ2v) is 3.88. The van der Waals surface area contributed by atoms with Gasteiger partial charge in [0, 0.05) is 6.20 Å². The molecule has 1 atom stereocenters. The molecule has 0 aliphatic carbocycles. The molecular formula is C13H12N4O2. The zero-order valence-electron chi connectivity index (χ0n) is 10.3. The molecule has 19 heavy (non-hydrogen) atoms. The Morgan fingerprint density at radius 1 is 1.47 bits per heavy atom. The van der Waals surface area contributed by atoms with E-state index in [4.69, 9.17) is 15.7 Å². The Bertz CT molecular complexity index is 642. The Balaban J connectivity index is 2.23. The van der Waals surface area contributed by atoms with Crippen LogP contribution in [0.25, 0.3) is 5.69 Å². The van der Waals surface area contributed by atoms with Gasteiger partial charge in [0.2, 0.25) is 0 Å². The fraction of sp³-hybridized carbons (Fsp3) is 0.154. The lowest BCUT2D eigenvalue weighted by molar-refractivity contribution is 0.0428. The summed E-state index contributed by atoms with van der Waals surface area (Å²) in [6, 6.07) is 10.5. The van der Waals surface area contributed by atoms with Crippen LogP contribution < -0.4 is 5.73 Å². The molecule has 0 aliphatic heterocycles. The van der Waals surface area contributed by atoms with Crippen LogP contribution in [0, 0.1) is 11.3 Å². The van der Waals surface area contributed by atoms with Crippen molar-refractivity contribution in [3.05, 3.63) is 42.2 Å². The van der Waals surface area contributed by atoms with E-state index in [1.807, 2.05) is 18.2 Å². The van der Waals surface area contributed by atoms with Crippen LogP contribution in [0.15, 0.2) is 36.5 Å². The van der Waals surface area contributed by atoms with E-state index in [1.165, 1.54) is 17.7 Å². The molecule has 6 nitrogen and oxygen atoms in total. The molecule has 0 spiro atoms. The van der Waals surface area contributed by atoms with Crippen LogP contribution in [0.4, 0.5) is 5.69 Å². The zero-order valence-corrected chi connectivity index (χ0v) is 10.3. The molecule has 1 aromatic heterocycles. The highest BCUT2D eigenvalue weighted by molar-refractivity contribution is 5.87. The van der Waals surface area contributed by atoms with Gasteiger partial charge in [-0.3, -0.25) is 0 Å². The number of anilines is 1. The molecule has 6 heteroatoms. The summed E-state index contributed by atoms with van der Waals surface area (Å²) in [5.74, 6) is -0.637. The van der Waals surface area contributed by atoms with Crippen molar-refractivity contribution in [3.8, 4) is 11.8 Å². The molecule has 0 fully saturated rings. The maximum Gasteiger partial charge on any atom is 0.360 e. The van der Waals surface area contributed by atoms with E-state index in [9.17, 15) is 4.79 Å². The predicted molar refractivity (Wildman–Crippen MR) is 68.5 cm³/mol. The van der Waals surface area contributed by atoms with Gasteiger partial charge in [0.05, 0.1) is 11.4 Å². The molecule has 2 rings (SSSR count). The van der Waals surface area contributed by atoms with E-state index in [-0.39, 0.29) is 5.69 Å². The molecule has 1 heterocycles. The lowest BCUT2D eigenvalue weighted by atomic mass is 10.3. The summed E-state index contributed by atoms with van der Waals surface area (Å²) in [4.78, 5) is 11.7. The first-order valence-corrected chi connectivity index (χ1v) is 5.63. The summed E-state index contributed by atoms with van der Waals surface area (Å²) < 4.78 is 6.35. The Kier molecular flexibility index (Phi) is 3.48. The smallest absolute Gasteiger partial charge is 0.360 e. The first-order chi connectivity index (χ1) is 9.11. The first kappa shape index (κ1) is 12.6. The van der Waals surface area contributed by atoms with Gasteiger partial charge in [0.15, 0.2) is 11.8 Å². The van der Waals surface area contributed by atoms with Gasteiger partial charge < -0.3 is 10.5 Å². The highest BCUT2D eigenvalue weighted by Gasteiger charge is 2.15. The Hall–Kier alpha value is -2.81. The number of ether oxygens (including phenoxy) is 1. The summed E-state index contributed by atoms with van der Waals surface area (Å²) in [5.41, 5.74) is 7.18. The van der Waals surface area contributed by atoms with Gasteiger partial charge in [-0.2, -0.15) is 10.4 Å². The summed E-state index contributed by atoms with van der Waals surface area (Å²) >= 11 is 0. The number of hydrogen-bond donors (Lipinski definition) is 1. The Morgan fingerprint density at radius 3 is 2.89 bits per heavy atom. The molecule has 0 amide bonds. The van der Waals surface area contributed by atoms with Gasteiger partial charge >= 0.3 is 5.97 Å². The number of nitrogen functional groups attached to an aromatic ring is 1. The molecule has 1 unspecified atom stereocenters. The van der Waals surface area contributed by atoms with Gasteiger partial charge in [-0.1, -0.05) is 12.1 Å². The van der Waals surface area contributed by atoms with E-state index in [2.05, 4.69) is 5.10 Å². The highest BCUT2D eigenvalue weighted by atomic mass is 16.5. The maximum atomic E-state index is 11.7. The van der Waals surface area contributed by atoms with E-state index in [0.717, 1.165) is 0 Å². The van der Waals surface area contributed by atoms with Crippen molar-refractivity contribution in [1.29, 1.82) is 5.26 Å². The van der Waals surface area contributed by atoms with Gasteiger partial charge in [-0.05, 0) is 25.1 Å². The Labute approximate surface area is 110 Å². The number of nitrogens with zero attached hydrogens (tertiary/aromatic N) is 3. The third kappa shape index (κ3) is 2.72. The van der Waals surface area contributed by atoms with Crippen molar-refractivity contribution in [2.75, 3.05) is 5.73 Å². The summed E-state index contributed by atoms with van der Waals surface area (Å²) in [6.07, 6.45) is 0.804. The molecule has 1 aromatic carbocycles.